The number of carbonyl (C=O) groups is 2. The van der Waals surface area contributed by atoms with Crippen molar-refractivity contribution in [3.8, 4) is 5.75 Å². The van der Waals surface area contributed by atoms with Crippen molar-refractivity contribution in [1.29, 1.82) is 0 Å². The molecule has 0 saturated carbocycles. The minimum atomic E-state index is -4.29. The van der Waals surface area contributed by atoms with Gasteiger partial charge in [0, 0.05) is 7.05 Å². The Balaban J connectivity index is 3.10. The van der Waals surface area contributed by atoms with E-state index in [-0.39, 0.29) is 0 Å². The van der Waals surface area contributed by atoms with Crippen LogP contribution in [0.4, 0.5) is 0 Å². The number of likely N-dealkylation sites (N-methyl/N-ethyl adjacent to an activating group) is 1. The van der Waals surface area contributed by atoms with Crippen LogP contribution in [0.3, 0.4) is 0 Å². The summed E-state index contributed by atoms with van der Waals surface area (Å²) in [4.78, 5) is 26.9. The molecular formula is C12H16N2O7S. The Morgan fingerprint density at radius 2 is 1.95 bits per heavy atom. The zero-order valence-corrected chi connectivity index (χ0v) is 12.7. The summed E-state index contributed by atoms with van der Waals surface area (Å²) < 4.78 is 26.3. The first-order valence-electron chi connectivity index (χ1n) is 6.03. The molecule has 0 bridgehead atoms. The van der Waals surface area contributed by atoms with Crippen LogP contribution in [-0.4, -0.2) is 55.8 Å². The quantitative estimate of drug-likeness (QED) is 0.575. The number of phenols is 1. The molecule has 22 heavy (non-hydrogen) atoms. The molecule has 10 heteroatoms. The van der Waals surface area contributed by atoms with Gasteiger partial charge in [-0.1, -0.05) is 12.1 Å². The van der Waals surface area contributed by atoms with Crippen molar-refractivity contribution in [2.75, 3.05) is 14.2 Å². The van der Waals surface area contributed by atoms with Gasteiger partial charge in [-0.25, -0.2) is 13.5 Å². The standard InChI is InChI=1S/C12H16N2O7S/c1-14(21-2)12(18)8(7-11(16)17)13-22(19,20)10-6-4-3-5-9(10)15/h3-6,8,13,15H,7H2,1-2H3,(H,16,17)/t8-/m0/s1. The lowest BCUT2D eigenvalue weighted by atomic mass is 10.2. The third-order valence-electron chi connectivity index (χ3n) is 2.71. The predicted octanol–water partition coefficient (Wildman–Crippen LogP) is -0.466. The molecule has 1 aromatic carbocycles. The molecule has 0 unspecified atom stereocenters. The number of benzene rings is 1. The first-order valence-corrected chi connectivity index (χ1v) is 7.51. The number of rotatable bonds is 7. The van der Waals surface area contributed by atoms with Crippen LogP contribution in [0.15, 0.2) is 29.2 Å². The van der Waals surface area contributed by atoms with Crippen molar-refractivity contribution < 1.29 is 33.1 Å². The van der Waals surface area contributed by atoms with Gasteiger partial charge in [-0.15, -0.1) is 0 Å². The third-order valence-corrected chi connectivity index (χ3v) is 4.23. The smallest absolute Gasteiger partial charge is 0.305 e. The van der Waals surface area contributed by atoms with E-state index < -0.39 is 45.0 Å². The molecule has 1 aromatic rings. The molecule has 0 fully saturated rings. The minimum Gasteiger partial charge on any atom is -0.507 e. The Bertz CT molecular complexity index is 659. The summed E-state index contributed by atoms with van der Waals surface area (Å²) in [7, 11) is -1.90. The van der Waals surface area contributed by atoms with E-state index in [1.54, 1.807) is 0 Å². The number of hydrogen-bond donors (Lipinski definition) is 3. The van der Waals surface area contributed by atoms with E-state index in [9.17, 15) is 23.1 Å². The van der Waals surface area contributed by atoms with Crippen LogP contribution in [0.25, 0.3) is 0 Å². The van der Waals surface area contributed by atoms with Gasteiger partial charge in [-0.2, -0.15) is 4.72 Å². The Morgan fingerprint density at radius 3 is 2.45 bits per heavy atom. The average Bonchev–Trinajstić information content (AvgIpc) is 2.44. The maximum atomic E-state index is 12.2. The highest BCUT2D eigenvalue weighted by Crippen LogP contribution is 2.21. The molecule has 0 aromatic heterocycles. The summed E-state index contributed by atoms with van der Waals surface area (Å²) in [6.07, 6.45) is -0.778. The van der Waals surface area contributed by atoms with Gasteiger partial charge >= 0.3 is 5.97 Å². The second-order valence-electron chi connectivity index (χ2n) is 4.26. The number of phenolic OH excluding ortho intramolecular Hbond substituents is 1. The van der Waals surface area contributed by atoms with Crippen LogP contribution in [0.5, 0.6) is 5.75 Å². The van der Waals surface area contributed by atoms with E-state index in [4.69, 9.17) is 5.11 Å². The number of aromatic hydroxyl groups is 1. The molecule has 0 aliphatic carbocycles. The summed E-state index contributed by atoms with van der Waals surface area (Å²) in [5.41, 5.74) is 0. The lowest BCUT2D eigenvalue weighted by Gasteiger charge is -2.21. The number of para-hydroxylation sites is 1. The second kappa shape index (κ2) is 7.20. The predicted molar refractivity (Wildman–Crippen MR) is 74.2 cm³/mol. The monoisotopic (exact) mass is 332 g/mol. The van der Waals surface area contributed by atoms with Crippen LogP contribution in [0.1, 0.15) is 6.42 Å². The largest absolute Gasteiger partial charge is 0.507 e. The fourth-order valence-electron chi connectivity index (χ4n) is 1.60. The molecule has 0 radical (unpaired) electrons. The highest BCUT2D eigenvalue weighted by molar-refractivity contribution is 7.89. The molecule has 0 aliphatic heterocycles. The van der Waals surface area contributed by atoms with Gasteiger partial charge in [0.05, 0.1) is 13.5 Å². The average molecular weight is 332 g/mol. The molecule has 0 aliphatic rings. The number of nitrogens with zero attached hydrogens (tertiary/aromatic N) is 1. The van der Waals surface area contributed by atoms with Crippen LogP contribution >= 0.6 is 0 Å². The molecule has 0 heterocycles. The third kappa shape index (κ3) is 4.41. The Morgan fingerprint density at radius 1 is 1.36 bits per heavy atom. The van der Waals surface area contributed by atoms with Crippen LogP contribution in [0.2, 0.25) is 0 Å². The molecule has 122 valence electrons. The molecule has 1 amide bonds. The van der Waals surface area contributed by atoms with Crippen molar-refractivity contribution >= 4 is 21.9 Å². The van der Waals surface area contributed by atoms with Crippen LogP contribution in [-0.2, 0) is 24.4 Å². The van der Waals surface area contributed by atoms with Crippen LogP contribution < -0.4 is 4.72 Å². The summed E-state index contributed by atoms with van der Waals surface area (Å²) >= 11 is 0. The SMILES string of the molecule is CON(C)C(=O)[C@H](CC(=O)O)NS(=O)(=O)c1ccccc1O. The number of carboxylic acid groups (broad SMARTS) is 1. The molecule has 1 rings (SSSR count). The number of hydrogen-bond acceptors (Lipinski definition) is 6. The number of carboxylic acids is 1. The zero-order chi connectivity index (χ0) is 16.9. The summed E-state index contributed by atoms with van der Waals surface area (Å²) in [6, 6.07) is 3.51. The first kappa shape index (κ1) is 17.9. The van der Waals surface area contributed by atoms with Gasteiger partial charge in [0.15, 0.2) is 0 Å². The van der Waals surface area contributed by atoms with Gasteiger partial charge in [-0.05, 0) is 12.1 Å². The van der Waals surface area contributed by atoms with Gasteiger partial charge in [0.1, 0.15) is 16.7 Å². The highest BCUT2D eigenvalue weighted by Gasteiger charge is 2.31. The highest BCUT2D eigenvalue weighted by atomic mass is 32.2. The zero-order valence-electron chi connectivity index (χ0n) is 11.9. The van der Waals surface area contributed by atoms with Gasteiger partial charge < -0.3 is 10.2 Å². The molecule has 9 nitrogen and oxygen atoms in total. The Hall–Kier alpha value is -2.17. The topological polar surface area (TPSA) is 133 Å². The van der Waals surface area contributed by atoms with E-state index in [2.05, 4.69) is 4.84 Å². The number of amides is 1. The minimum absolute atomic E-state index is 0.460. The summed E-state index contributed by atoms with van der Waals surface area (Å²) in [6.45, 7) is 0. The van der Waals surface area contributed by atoms with Crippen molar-refractivity contribution in [3.63, 3.8) is 0 Å². The van der Waals surface area contributed by atoms with Gasteiger partial charge in [-0.3, -0.25) is 14.4 Å². The van der Waals surface area contributed by atoms with Crippen LogP contribution in [0, 0.1) is 0 Å². The van der Waals surface area contributed by atoms with Crippen molar-refractivity contribution in [2.45, 2.75) is 17.4 Å². The molecule has 3 N–H and O–H groups in total. The number of hydroxylamine groups is 2. The number of carbonyl (C=O) groups excluding carboxylic acids is 1. The van der Waals surface area contributed by atoms with E-state index >= 15 is 0 Å². The Kier molecular flexibility index (Phi) is 5.85. The molecule has 1 atom stereocenters. The second-order valence-corrected chi connectivity index (χ2v) is 5.94. The van der Waals surface area contributed by atoms with E-state index in [0.29, 0.717) is 5.06 Å². The molecule has 0 spiro atoms. The van der Waals surface area contributed by atoms with Crippen molar-refractivity contribution in [3.05, 3.63) is 24.3 Å². The van der Waals surface area contributed by atoms with E-state index in [1.807, 2.05) is 4.72 Å². The molecule has 0 saturated heterocycles. The van der Waals surface area contributed by atoms with E-state index in [0.717, 1.165) is 12.1 Å². The number of sulfonamides is 1. The lowest BCUT2D eigenvalue weighted by molar-refractivity contribution is -0.171. The van der Waals surface area contributed by atoms with Crippen molar-refractivity contribution in [2.24, 2.45) is 0 Å². The normalized spacial score (nSPS) is 12.6. The fraction of sp³-hybridized carbons (Fsp3) is 0.333. The number of aliphatic carboxylic acids is 1. The summed E-state index contributed by atoms with van der Waals surface area (Å²) in [5, 5.41) is 19.1. The maximum absolute atomic E-state index is 12.2. The summed E-state index contributed by atoms with van der Waals surface area (Å²) in [5.74, 6) is -2.77. The fourth-order valence-corrected chi connectivity index (χ4v) is 2.89. The molecular weight excluding hydrogens is 316 g/mol. The van der Waals surface area contributed by atoms with Gasteiger partial charge in [0.2, 0.25) is 10.0 Å². The Labute approximate surface area is 127 Å². The number of nitrogens with one attached hydrogen (secondary N) is 1. The maximum Gasteiger partial charge on any atom is 0.305 e. The van der Waals surface area contributed by atoms with E-state index in [1.165, 1.54) is 26.3 Å². The lowest BCUT2D eigenvalue weighted by Crippen LogP contribution is -2.48. The van der Waals surface area contributed by atoms with Gasteiger partial charge in [0.25, 0.3) is 5.91 Å². The first-order chi connectivity index (χ1) is 10.2. The van der Waals surface area contributed by atoms with Crippen molar-refractivity contribution in [1.82, 2.24) is 9.79 Å².